The van der Waals surface area contributed by atoms with E-state index in [9.17, 15) is 4.79 Å². The average Bonchev–Trinajstić information content (AvgIpc) is 2.97. The SMILES string of the molecule is O=C(NCC1(CBr)CCCCC1)C1Cc2ccccc2S1. The summed E-state index contributed by atoms with van der Waals surface area (Å²) in [4.78, 5) is 13.7. The predicted octanol–water partition coefficient (Wildman–Crippen LogP) is 4.17. The molecule has 0 spiro atoms. The first-order valence-electron chi connectivity index (χ1n) is 7.81. The molecule has 1 heterocycles. The third-order valence-electron chi connectivity index (χ3n) is 4.77. The summed E-state index contributed by atoms with van der Waals surface area (Å²) in [6.07, 6.45) is 7.27. The van der Waals surface area contributed by atoms with E-state index in [4.69, 9.17) is 0 Å². The molecule has 0 aromatic heterocycles. The number of fused-ring (bicyclic) bond motifs is 1. The van der Waals surface area contributed by atoms with Crippen molar-refractivity contribution < 1.29 is 4.79 Å². The highest BCUT2D eigenvalue weighted by atomic mass is 79.9. The number of carbonyl (C=O) groups excluding carboxylic acids is 1. The van der Waals surface area contributed by atoms with Crippen molar-refractivity contribution in [3.63, 3.8) is 0 Å². The quantitative estimate of drug-likeness (QED) is 0.809. The van der Waals surface area contributed by atoms with Crippen molar-refractivity contribution >= 4 is 33.6 Å². The van der Waals surface area contributed by atoms with Crippen LogP contribution in [0.15, 0.2) is 29.2 Å². The van der Waals surface area contributed by atoms with E-state index in [1.165, 1.54) is 42.6 Å². The van der Waals surface area contributed by atoms with Gasteiger partial charge in [-0.15, -0.1) is 11.8 Å². The molecule has 1 saturated carbocycles. The highest BCUT2D eigenvalue weighted by molar-refractivity contribution is 9.09. The second kappa shape index (κ2) is 6.74. The van der Waals surface area contributed by atoms with Gasteiger partial charge in [0.15, 0.2) is 0 Å². The Hall–Kier alpha value is -0.480. The first-order chi connectivity index (χ1) is 10.2. The van der Waals surface area contributed by atoms with Crippen LogP contribution in [0.1, 0.15) is 37.7 Å². The van der Waals surface area contributed by atoms with E-state index >= 15 is 0 Å². The predicted molar refractivity (Wildman–Crippen MR) is 92.1 cm³/mol. The molecule has 0 bridgehead atoms. The van der Waals surface area contributed by atoms with Gasteiger partial charge in [-0.1, -0.05) is 53.4 Å². The van der Waals surface area contributed by atoms with Gasteiger partial charge in [0, 0.05) is 16.8 Å². The van der Waals surface area contributed by atoms with Crippen molar-refractivity contribution in [1.29, 1.82) is 0 Å². The maximum absolute atomic E-state index is 12.5. The van der Waals surface area contributed by atoms with Crippen LogP contribution in [0.2, 0.25) is 0 Å². The summed E-state index contributed by atoms with van der Waals surface area (Å²) in [5.41, 5.74) is 1.60. The number of carbonyl (C=O) groups is 1. The lowest BCUT2D eigenvalue weighted by molar-refractivity contribution is -0.121. The van der Waals surface area contributed by atoms with Crippen LogP contribution in [-0.2, 0) is 11.2 Å². The van der Waals surface area contributed by atoms with Gasteiger partial charge < -0.3 is 5.32 Å². The molecular formula is C17H22BrNOS. The zero-order valence-electron chi connectivity index (χ0n) is 12.2. The molecule has 3 rings (SSSR count). The zero-order chi connectivity index (χ0) is 14.7. The van der Waals surface area contributed by atoms with Gasteiger partial charge in [0.25, 0.3) is 0 Å². The number of halogens is 1. The summed E-state index contributed by atoms with van der Waals surface area (Å²) < 4.78 is 0. The molecule has 0 saturated heterocycles. The van der Waals surface area contributed by atoms with Crippen molar-refractivity contribution in [3.8, 4) is 0 Å². The third kappa shape index (κ3) is 3.48. The van der Waals surface area contributed by atoms with Crippen molar-refractivity contribution in [2.75, 3.05) is 11.9 Å². The van der Waals surface area contributed by atoms with Crippen molar-refractivity contribution in [2.45, 2.75) is 48.7 Å². The lowest BCUT2D eigenvalue weighted by Crippen LogP contribution is -2.43. The van der Waals surface area contributed by atoms with Crippen LogP contribution in [0.4, 0.5) is 0 Å². The summed E-state index contributed by atoms with van der Waals surface area (Å²) >= 11 is 5.38. The Bertz CT molecular complexity index is 488. The van der Waals surface area contributed by atoms with Crippen LogP contribution >= 0.6 is 27.7 Å². The van der Waals surface area contributed by atoms with Crippen LogP contribution in [0, 0.1) is 5.41 Å². The molecule has 1 fully saturated rings. The Morgan fingerprint density at radius 1 is 1.29 bits per heavy atom. The van der Waals surface area contributed by atoms with E-state index in [1.807, 2.05) is 6.07 Å². The normalized spacial score (nSPS) is 23.6. The van der Waals surface area contributed by atoms with E-state index in [-0.39, 0.29) is 16.6 Å². The largest absolute Gasteiger partial charge is 0.355 e. The molecule has 1 amide bonds. The molecule has 1 aromatic rings. The molecule has 2 nitrogen and oxygen atoms in total. The molecule has 1 N–H and O–H groups in total. The first-order valence-corrected chi connectivity index (χ1v) is 9.81. The van der Waals surface area contributed by atoms with Crippen molar-refractivity contribution in [1.82, 2.24) is 5.32 Å². The molecule has 21 heavy (non-hydrogen) atoms. The minimum atomic E-state index is 0.0540. The maximum atomic E-state index is 12.5. The summed E-state index contributed by atoms with van der Waals surface area (Å²) in [7, 11) is 0. The van der Waals surface area contributed by atoms with Crippen LogP contribution in [-0.4, -0.2) is 23.0 Å². The Kier molecular flexibility index (Phi) is 4.95. The molecule has 1 atom stereocenters. The lowest BCUT2D eigenvalue weighted by atomic mass is 9.75. The Labute approximate surface area is 139 Å². The summed E-state index contributed by atoms with van der Waals surface area (Å²) in [6.45, 7) is 0.824. The molecule has 1 aromatic carbocycles. The molecule has 114 valence electrons. The minimum absolute atomic E-state index is 0.0540. The van der Waals surface area contributed by atoms with E-state index in [0.29, 0.717) is 0 Å². The summed E-state index contributed by atoms with van der Waals surface area (Å²) in [5, 5.41) is 4.28. The van der Waals surface area contributed by atoms with E-state index in [1.54, 1.807) is 11.8 Å². The number of benzene rings is 1. The average molecular weight is 368 g/mol. The van der Waals surface area contributed by atoms with Gasteiger partial charge in [0.05, 0.1) is 5.25 Å². The van der Waals surface area contributed by atoms with E-state index in [0.717, 1.165) is 18.3 Å². The number of amides is 1. The molecule has 1 aliphatic heterocycles. The second-order valence-electron chi connectivity index (χ2n) is 6.33. The van der Waals surface area contributed by atoms with E-state index < -0.39 is 0 Å². The molecular weight excluding hydrogens is 346 g/mol. The van der Waals surface area contributed by atoms with Gasteiger partial charge in [-0.25, -0.2) is 0 Å². The Morgan fingerprint density at radius 2 is 2.05 bits per heavy atom. The van der Waals surface area contributed by atoms with E-state index in [2.05, 4.69) is 39.4 Å². The smallest absolute Gasteiger partial charge is 0.233 e. The Morgan fingerprint density at radius 3 is 2.76 bits per heavy atom. The van der Waals surface area contributed by atoms with Crippen molar-refractivity contribution in [2.24, 2.45) is 5.41 Å². The number of alkyl halides is 1. The molecule has 1 unspecified atom stereocenters. The topological polar surface area (TPSA) is 29.1 Å². The van der Waals surface area contributed by atoms with Gasteiger partial charge in [-0.05, 0) is 36.3 Å². The zero-order valence-corrected chi connectivity index (χ0v) is 14.6. The van der Waals surface area contributed by atoms with Crippen LogP contribution in [0.25, 0.3) is 0 Å². The number of hydrogen-bond donors (Lipinski definition) is 1. The minimum Gasteiger partial charge on any atom is -0.355 e. The number of hydrogen-bond acceptors (Lipinski definition) is 2. The van der Waals surface area contributed by atoms with Gasteiger partial charge >= 0.3 is 0 Å². The van der Waals surface area contributed by atoms with Gasteiger partial charge in [0.1, 0.15) is 0 Å². The lowest BCUT2D eigenvalue weighted by Gasteiger charge is -2.36. The van der Waals surface area contributed by atoms with Gasteiger partial charge in [0.2, 0.25) is 5.91 Å². The highest BCUT2D eigenvalue weighted by Crippen LogP contribution is 2.39. The molecule has 2 aliphatic rings. The number of thioether (sulfide) groups is 1. The fraction of sp³-hybridized carbons (Fsp3) is 0.588. The maximum Gasteiger partial charge on any atom is 0.233 e. The van der Waals surface area contributed by atoms with Crippen molar-refractivity contribution in [3.05, 3.63) is 29.8 Å². The number of rotatable bonds is 4. The molecule has 1 aliphatic carbocycles. The second-order valence-corrected chi connectivity index (χ2v) is 8.14. The standard InChI is InChI=1S/C17H22BrNOS/c18-11-17(8-4-1-5-9-17)12-19-16(20)15-10-13-6-2-3-7-14(13)21-15/h2-3,6-7,15H,1,4-5,8-12H2,(H,19,20). The van der Waals surface area contributed by atoms with Gasteiger partial charge in [-0.2, -0.15) is 0 Å². The highest BCUT2D eigenvalue weighted by Gasteiger charge is 2.33. The van der Waals surface area contributed by atoms with Gasteiger partial charge in [-0.3, -0.25) is 4.79 Å². The summed E-state index contributed by atoms with van der Waals surface area (Å²) in [5.74, 6) is 0.210. The van der Waals surface area contributed by atoms with Crippen LogP contribution in [0.3, 0.4) is 0 Å². The third-order valence-corrected chi connectivity index (χ3v) is 7.28. The first kappa shape index (κ1) is 15.4. The fourth-order valence-corrected chi connectivity index (χ4v) is 5.35. The monoisotopic (exact) mass is 367 g/mol. The fourth-order valence-electron chi connectivity index (χ4n) is 3.38. The molecule has 0 radical (unpaired) electrons. The Balaban J connectivity index is 1.55. The summed E-state index contributed by atoms with van der Waals surface area (Å²) in [6, 6.07) is 8.36. The van der Waals surface area contributed by atoms with Crippen LogP contribution < -0.4 is 5.32 Å². The molecule has 4 heteroatoms. The van der Waals surface area contributed by atoms with Crippen LogP contribution in [0.5, 0.6) is 0 Å². The number of nitrogens with one attached hydrogen (secondary N) is 1.